The molecule has 22 heavy (non-hydrogen) atoms. The molecule has 1 aromatic rings. The van der Waals surface area contributed by atoms with E-state index >= 15 is 0 Å². The Morgan fingerprint density at radius 1 is 1.27 bits per heavy atom. The predicted molar refractivity (Wildman–Crippen MR) is 94.3 cm³/mol. The van der Waals surface area contributed by atoms with Crippen molar-refractivity contribution in [3.05, 3.63) is 28.7 Å². The van der Waals surface area contributed by atoms with Gasteiger partial charge in [0, 0.05) is 7.05 Å². The summed E-state index contributed by atoms with van der Waals surface area (Å²) in [7, 11) is 1.69. The number of amides is 1. The lowest BCUT2D eigenvalue weighted by atomic mass is 10.2. The number of carbonyl (C=O) groups is 1. The number of likely N-dealkylation sites (N-methyl/N-ethyl adjacent to an activating group) is 1. The van der Waals surface area contributed by atoms with E-state index in [4.69, 9.17) is 21.7 Å². The van der Waals surface area contributed by atoms with Crippen LogP contribution in [0.3, 0.4) is 0 Å². The number of carbonyl (C=O) groups excluding carboxylic acids is 1. The van der Waals surface area contributed by atoms with E-state index in [9.17, 15) is 4.79 Å². The van der Waals surface area contributed by atoms with E-state index in [-0.39, 0.29) is 5.91 Å². The summed E-state index contributed by atoms with van der Waals surface area (Å²) in [5, 5.41) is 0. The molecule has 0 atom stereocenters. The van der Waals surface area contributed by atoms with Gasteiger partial charge in [-0.2, -0.15) is 0 Å². The molecule has 1 fully saturated rings. The number of hydrogen-bond acceptors (Lipinski definition) is 5. The van der Waals surface area contributed by atoms with E-state index < -0.39 is 0 Å². The molecule has 1 heterocycles. The van der Waals surface area contributed by atoms with Crippen LogP contribution in [0.25, 0.3) is 6.08 Å². The van der Waals surface area contributed by atoms with Crippen LogP contribution in [-0.2, 0) is 4.79 Å². The van der Waals surface area contributed by atoms with Gasteiger partial charge in [-0.15, -0.1) is 0 Å². The highest BCUT2D eigenvalue weighted by atomic mass is 32.2. The molecule has 6 heteroatoms. The topological polar surface area (TPSA) is 38.8 Å². The molecule has 0 bridgehead atoms. The van der Waals surface area contributed by atoms with Crippen LogP contribution < -0.4 is 9.47 Å². The van der Waals surface area contributed by atoms with Crippen LogP contribution in [0.5, 0.6) is 11.5 Å². The third-order valence-electron chi connectivity index (χ3n) is 3.01. The van der Waals surface area contributed by atoms with Gasteiger partial charge in [0.05, 0.1) is 18.1 Å². The van der Waals surface area contributed by atoms with E-state index in [2.05, 4.69) is 6.92 Å². The maximum absolute atomic E-state index is 12.0. The van der Waals surface area contributed by atoms with E-state index in [0.717, 1.165) is 17.7 Å². The van der Waals surface area contributed by atoms with E-state index in [0.29, 0.717) is 28.2 Å². The molecule has 1 aliphatic heterocycles. The fourth-order valence-corrected chi connectivity index (χ4v) is 3.09. The maximum Gasteiger partial charge on any atom is 0.265 e. The third-order valence-corrected chi connectivity index (χ3v) is 4.50. The molecule has 0 radical (unpaired) electrons. The number of hydrogen-bond donors (Lipinski definition) is 0. The van der Waals surface area contributed by atoms with E-state index in [1.165, 1.54) is 16.7 Å². The maximum atomic E-state index is 12.0. The standard InChI is InChI=1S/C16H19NO3S2/c1-4-8-20-12-7-6-11(9-13(12)19-5-2)10-14-15(18)17(3)16(21)22-14/h6-7,9-10H,4-5,8H2,1-3H3. The minimum atomic E-state index is -0.0701. The fourth-order valence-electron chi connectivity index (χ4n) is 1.91. The molecule has 0 saturated carbocycles. The lowest BCUT2D eigenvalue weighted by molar-refractivity contribution is -0.121. The molecule has 1 saturated heterocycles. The summed E-state index contributed by atoms with van der Waals surface area (Å²) in [5.74, 6) is 1.35. The zero-order chi connectivity index (χ0) is 16.1. The minimum absolute atomic E-state index is 0.0701. The highest BCUT2D eigenvalue weighted by Gasteiger charge is 2.28. The summed E-state index contributed by atoms with van der Waals surface area (Å²) < 4.78 is 11.9. The van der Waals surface area contributed by atoms with Crippen molar-refractivity contribution in [1.82, 2.24) is 4.90 Å². The van der Waals surface area contributed by atoms with Crippen LogP contribution in [0, 0.1) is 0 Å². The minimum Gasteiger partial charge on any atom is -0.490 e. The van der Waals surface area contributed by atoms with Gasteiger partial charge in [0.15, 0.2) is 11.5 Å². The largest absolute Gasteiger partial charge is 0.490 e. The third kappa shape index (κ3) is 3.81. The summed E-state index contributed by atoms with van der Waals surface area (Å²) >= 11 is 6.44. The quantitative estimate of drug-likeness (QED) is 0.584. The SMILES string of the molecule is CCCOc1ccc(C=C2SC(=S)N(C)C2=O)cc1OCC. The predicted octanol–water partition coefficient (Wildman–Crippen LogP) is 3.71. The second-order valence-electron chi connectivity index (χ2n) is 4.73. The molecule has 0 spiro atoms. The molecule has 1 amide bonds. The molecule has 1 aromatic carbocycles. The highest BCUT2D eigenvalue weighted by molar-refractivity contribution is 8.26. The summed E-state index contributed by atoms with van der Waals surface area (Å²) in [6.07, 6.45) is 2.77. The van der Waals surface area contributed by atoms with Gasteiger partial charge in [-0.1, -0.05) is 37.0 Å². The molecular formula is C16H19NO3S2. The van der Waals surface area contributed by atoms with Gasteiger partial charge in [0.25, 0.3) is 5.91 Å². The number of thioether (sulfide) groups is 1. The molecule has 0 aliphatic carbocycles. The lowest BCUT2D eigenvalue weighted by Gasteiger charge is -2.12. The molecule has 2 rings (SSSR count). The number of ether oxygens (including phenoxy) is 2. The summed E-state index contributed by atoms with van der Waals surface area (Å²) in [6.45, 7) is 5.19. The van der Waals surface area contributed by atoms with Gasteiger partial charge in [-0.25, -0.2) is 0 Å². The van der Waals surface area contributed by atoms with Crippen LogP contribution >= 0.6 is 24.0 Å². The Labute approximate surface area is 140 Å². The monoisotopic (exact) mass is 337 g/mol. The van der Waals surface area contributed by atoms with E-state index in [1.807, 2.05) is 31.2 Å². The first-order valence-electron chi connectivity index (χ1n) is 7.18. The second-order valence-corrected chi connectivity index (χ2v) is 6.40. The zero-order valence-electron chi connectivity index (χ0n) is 12.9. The average molecular weight is 337 g/mol. The van der Waals surface area contributed by atoms with Crippen molar-refractivity contribution in [2.45, 2.75) is 20.3 Å². The van der Waals surface area contributed by atoms with Gasteiger partial charge in [0.2, 0.25) is 0 Å². The summed E-state index contributed by atoms with van der Waals surface area (Å²) in [6, 6.07) is 5.67. The van der Waals surface area contributed by atoms with Crippen molar-refractivity contribution in [2.75, 3.05) is 20.3 Å². The Bertz CT molecular complexity index is 613. The lowest BCUT2D eigenvalue weighted by Crippen LogP contribution is -2.22. The molecule has 0 aromatic heterocycles. The summed E-state index contributed by atoms with van der Waals surface area (Å²) in [5.41, 5.74) is 0.890. The molecule has 4 nitrogen and oxygen atoms in total. The van der Waals surface area contributed by atoms with Gasteiger partial charge in [0.1, 0.15) is 4.32 Å². The molecule has 1 aliphatic rings. The van der Waals surface area contributed by atoms with Gasteiger partial charge in [-0.05, 0) is 37.1 Å². The van der Waals surface area contributed by atoms with Crippen molar-refractivity contribution < 1.29 is 14.3 Å². The molecule has 118 valence electrons. The first-order valence-corrected chi connectivity index (χ1v) is 8.40. The van der Waals surface area contributed by atoms with Crippen LogP contribution in [0.15, 0.2) is 23.1 Å². The Kier molecular flexibility index (Phi) is 5.85. The number of rotatable bonds is 6. The van der Waals surface area contributed by atoms with Gasteiger partial charge < -0.3 is 9.47 Å². The smallest absolute Gasteiger partial charge is 0.265 e. The van der Waals surface area contributed by atoms with E-state index in [1.54, 1.807) is 7.05 Å². The van der Waals surface area contributed by atoms with Crippen LogP contribution in [-0.4, -0.2) is 35.4 Å². The fraction of sp³-hybridized carbons (Fsp3) is 0.375. The van der Waals surface area contributed by atoms with Crippen molar-refractivity contribution in [3.8, 4) is 11.5 Å². The molecular weight excluding hydrogens is 318 g/mol. The Morgan fingerprint density at radius 2 is 2.05 bits per heavy atom. The Balaban J connectivity index is 2.27. The number of thiocarbonyl (C=S) groups is 1. The van der Waals surface area contributed by atoms with Crippen molar-refractivity contribution >= 4 is 40.3 Å². The van der Waals surface area contributed by atoms with Crippen molar-refractivity contribution in [2.24, 2.45) is 0 Å². The first-order chi connectivity index (χ1) is 10.6. The average Bonchev–Trinajstić information content (AvgIpc) is 2.74. The molecule has 0 unspecified atom stereocenters. The summed E-state index contributed by atoms with van der Waals surface area (Å²) in [4.78, 5) is 14.1. The van der Waals surface area contributed by atoms with Crippen LogP contribution in [0.1, 0.15) is 25.8 Å². The van der Waals surface area contributed by atoms with Gasteiger partial charge >= 0.3 is 0 Å². The normalized spacial score (nSPS) is 16.5. The Morgan fingerprint density at radius 3 is 2.64 bits per heavy atom. The number of benzene rings is 1. The second kappa shape index (κ2) is 7.65. The first kappa shape index (κ1) is 16.8. The molecule has 0 N–H and O–H groups in total. The van der Waals surface area contributed by atoms with Gasteiger partial charge in [-0.3, -0.25) is 9.69 Å². The van der Waals surface area contributed by atoms with Crippen molar-refractivity contribution in [1.29, 1.82) is 0 Å². The van der Waals surface area contributed by atoms with Crippen molar-refractivity contribution in [3.63, 3.8) is 0 Å². The zero-order valence-corrected chi connectivity index (χ0v) is 14.6. The Hall–Kier alpha value is -1.53. The van der Waals surface area contributed by atoms with Crippen LogP contribution in [0.2, 0.25) is 0 Å². The highest BCUT2D eigenvalue weighted by Crippen LogP contribution is 2.34. The van der Waals surface area contributed by atoms with Crippen LogP contribution in [0.4, 0.5) is 0 Å². The number of nitrogens with zero attached hydrogens (tertiary/aromatic N) is 1.